The van der Waals surface area contributed by atoms with Gasteiger partial charge in [-0.3, -0.25) is 9.58 Å². The molecule has 1 saturated carbocycles. The second kappa shape index (κ2) is 9.33. The first-order valence-electron chi connectivity index (χ1n) is 13.5. The topological polar surface area (TPSA) is 100 Å². The molecule has 1 aromatic carbocycles. The van der Waals surface area contributed by atoms with Crippen LogP contribution in [0.4, 0.5) is 10.5 Å². The van der Waals surface area contributed by atoms with Crippen LogP contribution in [-0.4, -0.2) is 50.4 Å². The predicted molar refractivity (Wildman–Crippen MR) is 137 cm³/mol. The quantitative estimate of drug-likeness (QED) is 0.365. The van der Waals surface area contributed by atoms with Crippen molar-refractivity contribution in [3.05, 3.63) is 47.9 Å². The Hall–Kier alpha value is -3.66. The molecule has 0 bridgehead atoms. The van der Waals surface area contributed by atoms with Gasteiger partial charge in [-0.2, -0.15) is 5.10 Å². The summed E-state index contributed by atoms with van der Waals surface area (Å²) in [5, 5.41) is 8.41. The molecule has 1 saturated heterocycles. The molecule has 6 rings (SSSR count). The van der Waals surface area contributed by atoms with Crippen LogP contribution < -0.4 is 4.90 Å². The fourth-order valence-electron chi connectivity index (χ4n) is 5.90. The summed E-state index contributed by atoms with van der Waals surface area (Å²) in [6.07, 6.45) is 7.46. The number of hydrogen-bond donors (Lipinski definition) is 0. The van der Waals surface area contributed by atoms with Crippen LogP contribution >= 0.6 is 0 Å². The van der Waals surface area contributed by atoms with E-state index in [1.54, 1.807) is 15.8 Å². The third-order valence-corrected chi connectivity index (χ3v) is 7.68. The molecular formula is C27H32N6O4. The van der Waals surface area contributed by atoms with Crippen molar-refractivity contribution in [2.75, 3.05) is 18.6 Å². The molecule has 0 spiro atoms. The number of rotatable bonds is 5. The Labute approximate surface area is 216 Å². The molecule has 2 fully saturated rings. The highest BCUT2D eigenvalue weighted by Gasteiger charge is 2.38. The molecule has 1 atom stereocenters. The molecule has 2 aliphatic rings. The van der Waals surface area contributed by atoms with Crippen LogP contribution in [0.1, 0.15) is 62.8 Å². The highest BCUT2D eigenvalue weighted by Crippen LogP contribution is 2.40. The van der Waals surface area contributed by atoms with E-state index >= 15 is 0 Å². The fraction of sp³-hybridized carbons (Fsp3) is 0.481. The van der Waals surface area contributed by atoms with Gasteiger partial charge < -0.3 is 18.6 Å². The van der Waals surface area contributed by atoms with Gasteiger partial charge in [-0.15, -0.1) is 0 Å². The monoisotopic (exact) mass is 505 g/mol. The lowest BCUT2D eigenvalue weighted by molar-refractivity contribution is 0.0582. The number of benzene rings is 1. The summed E-state index contributed by atoms with van der Waals surface area (Å²) in [4.78, 5) is 19.9. The van der Waals surface area contributed by atoms with Crippen molar-refractivity contribution >= 4 is 22.8 Å². The largest absolute Gasteiger partial charge is 0.449 e. The minimum absolute atomic E-state index is 0.0106. The van der Waals surface area contributed by atoms with Gasteiger partial charge in [0, 0.05) is 38.4 Å². The van der Waals surface area contributed by atoms with E-state index in [4.69, 9.17) is 20.4 Å². The molecule has 1 amide bonds. The zero-order valence-corrected chi connectivity index (χ0v) is 21.4. The second-order valence-electron chi connectivity index (χ2n) is 10.0. The van der Waals surface area contributed by atoms with Gasteiger partial charge >= 0.3 is 6.09 Å². The predicted octanol–water partition coefficient (Wildman–Crippen LogP) is 5.26. The zero-order chi connectivity index (χ0) is 26.4. The molecule has 3 aromatic heterocycles. The van der Waals surface area contributed by atoms with Crippen LogP contribution in [0.2, 0.25) is 0 Å². The van der Waals surface area contributed by atoms with Crippen LogP contribution in [0.3, 0.4) is 0 Å². The maximum Gasteiger partial charge on any atom is 0.415 e. The average Bonchev–Trinajstić information content (AvgIpc) is 3.60. The summed E-state index contributed by atoms with van der Waals surface area (Å²) in [6, 6.07) is 6.22. The molecule has 37 heavy (non-hydrogen) atoms. The van der Waals surface area contributed by atoms with Gasteiger partial charge in [-0.05, 0) is 57.2 Å². The number of carbonyl (C=O) groups excluding carboxylic acids is 1. The molecule has 4 aromatic rings. The lowest BCUT2D eigenvalue weighted by Gasteiger charge is -2.36. The summed E-state index contributed by atoms with van der Waals surface area (Å²) in [5.74, 6) is 1.62. The van der Waals surface area contributed by atoms with E-state index in [2.05, 4.69) is 33.0 Å². The Balaban J connectivity index is 1.47. The zero-order valence-electron chi connectivity index (χ0n) is 22.4. The van der Waals surface area contributed by atoms with Crippen molar-refractivity contribution in [2.24, 2.45) is 7.05 Å². The Morgan fingerprint density at radius 1 is 1.16 bits per heavy atom. The molecule has 10 heteroatoms. The Morgan fingerprint density at radius 3 is 2.70 bits per heavy atom. The van der Waals surface area contributed by atoms with Gasteiger partial charge in [-0.1, -0.05) is 11.2 Å². The maximum atomic E-state index is 13.1. The van der Waals surface area contributed by atoms with Crippen molar-refractivity contribution in [1.82, 2.24) is 24.5 Å². The molecule has 0 radical (unpaired) electrons. The van der Waals surface area contributed by atoms with Crippen LogP contribution in [-0.2, 0) is 16.5 Å². The summed E-state index contributed by atoms with van der Waals surface area (Å²) in [6.45, 7) is 4.19. The van der Waals surface area contributed by atoms with Crippen molar-refractivity contribution in [1.29, 1.82) is 0 Å². The van der Waals surface area contributed by atoms with E-state index in [1.165, 1.54) is 0 Å². The molecule has 1 aliphatic carbocycles. The lowest BCUT2D eigenvalue weighted by atomic mass is 9.92. The average molecular weight is 506 g/mol. The van der Waals surface area contributed by atoms with Crippen LogP contribution in [0.5, 0.6) is 0 Å². The first kappa shape index (κ1) is 22.5. The summed E-state index contributed by atoms with van der Waals surface area (Å²) < 4.78 is 27.9. The lowest BCUT2D eigenvalue weighted by Crippen LogP contribution is -2.42. The van der Waals surface area contributed by atoms with Crippen molar-refractivity contribution in [2.45, 2.75) is 64.1 Å². The highest BCUT2D eigenvalue weighted by atomic mass is 16.6. The first-order chi connectivity index (χ1) is 18.4. The molecule has 0 unspecified atom stereocenters. The number of cyclic esters (lactones) is 1. The standard InChI is InChI=1S/C27H32N6O4/c1-16-25(17(2)37-30-16)18-5-10-23-22(13-18)29-26(32(23)19-6-8-21(35-4)9-7-19)24-11-12-36-27(34)33(24)20-14-28-31(3)15-20/h5,10,13-15,19,21,24H,6-9,11-12H2,1-4H3/t19?,21?,24-/m0/s1/i4D. The molecule has 10 nitrogen and oxygen atoms in total. The minimum atomic E-state index is -0.392. The Morgan fingerprint density at radius 2 is 2.00 bits per heavy atom. The van der Waals surface area contributed by atoms with Gasteiger partial charge in [0.05, 0.1) is 42.7 Å². The summed E-state index contributed by atoms with van der Waals surface area (Å²) in [7, 11) is 1.82. The normalized spacial score (nSPS) is 22.9. The number of nitrogens with zero attached hydrogens (tertiary/aromatic N) is 6. The molecule has 194 valence electrons. The number of fused-ring (bicyclic) bond motifs is 1. The van der Waals surface area contributed by atoms with Crippen LogP contribution in [0, 0.1) is 13.8 Å². The van der Waals surface area contributed by atoms with E-state index in [9.17, 15) is 4.79 Å². The van der Waals surface area contributed by atoms with E-state index in [-0.39, 0.29) is 25.3 Å². The van der Waals surface area contributed by atoms with Crippen molar-refractivity contribution in [3.63, 3.8) is 0 Å². The minimum Gasteiger partial charge on any atom is -0.449 e. The van der Waals surface area contributed by atoms with E-state index in [1.807, 2.05) is 27.1 Å². The Bertz CT molecular complexity index is 1450. The number of ether oxygens (including phenoxy) is 2. The number of amides is 1. The number of methoxy groups -OCH3 is 1. The number of aryl methyl sites for hydroxylation is 3. The number of anilines is 1. The molecule has 4 heterocycles. The number of aromatic nitrogens is 5. The highest BCUT2D eigenvalue weighted by molar-refractivity contribution is 5.89. The third kappa shape index (κ3) is 4.09. The van der Waals surface area contributed by atoms with Crippen molar-refractivity contribution < 1.29 is 20.2 Å². The molecule has 0 N–H and O–H groups in total. The smallest absolute Gasteiger partial charge is 0.415 e. The molecular weight excluding hydrogens is 472 g/mol. The summed E-state index contributed by atoms with van der Waals surface area (Å²) >= 11 is 0. The number of imidazole rings is 1. The molecule has 1 aliphatic heterocycles. The van der Waals surface area contributed by atoms with Crippen LogP contribution in [0.15, 0.2) is 35.1 Å². The summed E-state index contributed by atoms with van der Waals surface area (Å²) in [5.41, 5.74) is 5.41. The van der Waals surface area contributed by atoms with E-state index in [0.717, 1.165) is 65.1 Å². The maximum absolute atomic E-state index is 13.1. The Kier molecular flexibility index (Phi) is 5.68. The van der Waals surface area contributed by atoms with E-state index in [0.29, 0.717) is 18.7 Å². The van der Waals surface area contributed by atoms with Gasteiger partial charge in [0.2, 0.25) is 0 Å². The van der Waals surface area contributed by atoms with Gasteiger partial charge in [0.15, 0.2) is 0 Å². The fourth-order valence-corrected chi connectivity index (χ4v) is 5.90. The number of carbonyl (C=O) groups is 1. The van der Waals surface area contributed by atoms with Gasteiger partial charge in [0.25, 0.3) is 0 Å². The second-order valence-corrected chi connectivity index (χ2v) is 10.0. The van der Waals surface area contributed by atoms with Gasteiger partial charge in [-0.25, -0.2) is 9.78 Å². The first-order valence-corrected chi connectivity index (χ1v) is 12.7. The van der Waals surface area contributed by atoms with Crippen molar-refractivity contribution in [3.8, 4) is 11.1 Å². The van der Waals surface area contributed by atoms with Gasteiger partial charge in [0.1, 0.15) is 17.6 Å². The SMILES string of the molecule is [2H]COC1CCC(n2c([C@@H]3CCOC(=O)N3c3cnn(C)c3)nc3cc(-c4c(C)noc4C)ccc32)CC1. The van der Waals surface area contributed by atoms with E-state index < -0.39 is 6.09 Å². The van der Waals surface area contributed by atoms with Crippen LogP contribution in [0.25, 0.3) is 22.2 Å². The number of hydrogen-bond acceptors (Lipinski definition) is 7. The third-order valence-electron chi connectivity index (χ3n) is 7.68.